The van der Waals surface area contributed by atoms with E-state index in [1.165, 1.54) is 4.90 Å². The highest BCUT2D eigenvalue weighted by atomic mass is 32.2. The van der Waals surface area contributed by atoms with Crippen LogP contribution in [0.5, 0.6) is 0 Å². The Hall–Kier alpha value is -1.49. The Bertz CT molecular complexity index is 400. The van der Waals surface area contributed by atoms with Gasteiger partial charge in [-0.25, -0.2) is 0 Å². The number of benzene rings is 1. The number of nitrogens with one attached hydrogen (secondary N) is 2. The minimum absolute atomic E-state index is 0.112. The molecule has 4 nitrogen and oxygen atoms in total. The van der Waals surface area contributed by atoms with Gasteiger partial charge >= 0.3 is 0 Å². The highest BCUT2D eigenvalue weighted by Crippen LogP contribution is 2.15. The van der Waals surface area contributed by atoms with Crippen LogP contribution in [-0.2, 0) is 4.79 Å². The average Bonchev–Trinajstić information content (AvgIpc) is 2.30. The number of hydrazine groups is 1. The molecule has 78 valence electrons. The van der Waals surface area contributed by atoms with Crippen LogP contribution in [0.25, 0.3) is 0 Å². The molecule has 1 aliphatic heterocycles. The van der Waals surface area contributed by atoms with Crippen molar-refractivity contribution in [1.29, 1.82) is 0 Å². The Morgan fingerprint density at radius 2 is 2.00 bits per heavy atom. The molecule has 1 heterocycles. The molecule has 5 heteroatoms. The molecule has 0 bridgehead atoms. The zero-order valence-electron chi connectivity index (χ0n) is 8.28. The smallest absolute Gasteiger partial charge is 0.260 e. The fraction of sp³-hybridized carbons (Fsp3) is 0.200. The molecule has 15 heavy (non-hydrogen) atoms. The van der Waals surface area contributed by atoms with Crippen molar-refractivity contribution in [1.82, 2.24) is 10.9 Å². The van der Waals surface area contributed by atoms with Crippen LogP contribution in [-0.4, -0.2) is 24.5 Å². The molecule has 0 atom stereocenters. The van der Waals surface area contributed by atoms with Crippen LogP contribution in [0.4, 0.5) is 0 Å². The van der Waals surface area contributed by atoms with E-state index in [2.05, 4.69) is 15.8 Å². The van der Waals surface area contributed by atoms with Crippen molar-refractivity contribution in [2.24, 2.45) is 4.99 Å². The van der Waals surface area contributed by atoms with Crippen LogP contribution >= 0.6 is 11.8 Å². The van der Waals surface area contributed by atoms with Crippen molar-refractivity contribution in [2.75, 3.05) is 12.8 Å². The second-order valence-electron chi connectivity index (χ2n) is 3.07. The normalized spacial score (nSPS) is 15.3. The van der Waals surface area contributed by atoms with Gasteiger partial charge in [-0.2, -0.15) is 0 Å². The van der Waals surface area contributed by atoms with Crippen molar-refractivity contribution in [2.45, 2.75) is 4.90 Å². The summed E-state index contributed by atoms with van der Waals surface area (Å²) in [6.07, 6.45) is 2.03. The number of hydrogen-bond donors (Lipinski definition) is 2. The number of carbonyl (C=O) groups excluding carboxylic acids is 1. The lowest BCUT2D eigenvalue weighted by molar-refractivity contribution is -0.120. The summed E-state index contributed by atoms with van der Waals surface area (Å²) < 4.78 is 0. The number of rotatable bonds is 2. The van der Waals surface area contributed by atoms with Gasteiger partial charge in [-0.3, -0.25) is 20.6 Å². The first-order valence-electron chi connectivity index (χ1n) is 4.53. The van der Waals surface area contributed by atoms with Crippen molar-refractivity contribution in [3.05, 3.63) is 29.8 Å². The first-order chi connectivity index (χ1) is 7.29. The Kier molecular flexibility index (Phi) is 2.91. The molecule has 1 aromatic rings. The number of aliphatic imine (C=N–C) groups is 1. The fourth-order valence-electron chi connectivity index (χ4n) is 1.27. The summed E-state index contributed by atoms with van der Waals surface area (Å²) in [6.45, 7) is 0.187. The van der Waals surface area contributed by atoms with Gasteiger partial charge in [0.15, 0.2) is 0 Å². The van der Waals surface area contributed by atoms with E-state index in [1.54, 1.807) is 11.8 Å². The van der Waals surface area contributed by atoms with Crippen molar-refractivity contribution in [3.8, 4) is 0 Å². The molecule has 0 saturated carbocycles. The minimum Gasteiger partial charge on any atom is -0.282 e. The van der Waals surface area contributed by atoms with Gasteiger partial charge < -0.3 is 0 Å². The van der Waals surface area contributed by atoms with Crippen molar-refractivity contribution < 1.29 is 4.79 Å². The van der Waals surface area contributed by atoms with Gasteiger partial charge in [0.25, 0.3) is 5.91 Å². The topological polar surface area (TPSA) is 53.5 Å². The van der Waals surface area contributed by atoms with E-state index < -0.39 is 0 Å². The highest BCUT2D eigenvalue weighted by Gasteiger charge is 2.10. The summed E-state index contributed by atoms with van der Waals surface area (Å²) in [7, 11) is 0. The third kappa shape index (κ3) is 2.30. The maximum Gasteiger partial charge on any atom is 0.260 e. The molecule has 1 aromatic carbocycles. The zero-order chi connectivity index (χ0) is 10.7. The number of thioether (sulfide) groups is 1. The van der Waals surface area contributed by atoms with Crippen LogP contribution in [0, 0.1) is 0 Å². The van der Waals surface area contributed by atoms with E-state index in [0.29, 0.717) is 5.84 Å². The molecule has 2 rings (SSSR count). The molecular formula is C10H11N3OS. The lowest BCUT2D eigenvalue weighted by Crippen LogP contribution is -2.47. The van der Waals surface area contributed by atoms with Gasteiger partial charge in [-0.05, 0) is 18.4 Å². The summed E-state index contributed by atoms with van der Waals surface area (Å²) in [5.41, 5.74) is 6.28. The summed E-state index contributed by atoms with van der Waals surface area (Å²) in [5.74, 6) is 0.599. The summed E-state index contributed by atoms with van der Waals surface area (Å²) >= 11 is 1.69. The maximum absolute atomic E-state index is 10.9. The maximum atomic E-state index is 10.9. The molecule has 0 saturated heterocycles. The molecule has 1 amide bonds. The van der Waals surface area contributed by atoms with Gasteiger partial charge in [0, 0.05) is 10.5 Å². The van der Waals surface area contributed by atoms with Crippen molar-refractivity contribution in [3.63, 3.8) is 0 Å². The van der Waals surface area contributed by atoms with E-state index in [0.717, 1.165) is 5.56 Å². The van der Waals surface area contributed by atoms with Crippen LogP contribution in [0.15, 0.2) is 34.2 Å². The van der Waals surface area contributed by atoms with E-state index >= 15 is 0 Å². The number of carbonyl (C=O) groups is 1. The molecule has 0 unspecified atom stereocenters. The predicted molar refractivity (Wildman–Crippen MR) is 60.9 cm³/mol. The molecule has 2 N–H and O–H groups in total. The van der Waals surface area contributed by atoms with Gasteiger partial charge in [0.05, 0.1) is 0 Å². The summed E-state index contributed by atoms with van der Waals surface area (Å²) in [4.78, 5) is 16.2. The molecule has 0 spiro atoms. The Labute approximate surface area is 92.1 Å². The largest absolute Gasteiger partial charge is 0.282 e. The Morgan fingerprint density at radius 1 is 1.27 bits per heavy atom. The standard InChI is InChI=1S/C10H11N3OS/c1-15-8-4-2-7(3-5-8)10-11-6-9(14)12-13-10/h2-5H,6H2,1H3,(H,11,13)(H,12,14). The lowest BCUT2D eigenvalue weighted by Gasteiger charge is -2.15. The number of hydrogen-bond acceptors (Lipinski definition) is 4. The van der Waals surface area contributed by atoms with Gasteiger partial charge in [0.1, 0.15) is 12.4 Å². The van der Waals surface area contributed by atoms with Crippen LogP contribution in [0.3, 0.4) is 0 Å². The molecule has 0 radical (unpaired) electrons. The second kappa shape index (κ2) is 4.35. The fourth-order valence-corrected chi connectivity index (χ4v) is 1.68. The van der Waals surface area contributed by atoms with E-state index in [4.69, 9.17) is 0 Å². The molecule has 0 aromatic heterocycles. The van der Waals surface area contributed by atoms with E-state index in [-0.39, 0.29) is 12.5 Å². The Morgan fingerprint density at radius 3 is 2.53 bits per heavy atom. The first-order valence-corrected chi connectivity index (χ1v) is 5.76. The predicted octanol–water partition coefficient (Wildman–Crippen LogP) is 0.789. The van der Waals surface area contributed by atoms with Gasteiger partial charge in [-0.15, -0.1) is 11.8 Å². The molecular weight excluding hydrogens is 210 g/mol. The molecule has 1 aliphatic rings. The van der Waals surface area contributed by atoms with E-state index in [1.807, 2.05) is 30.5 Å². The molecule has 0 aliphatic carbocycles. The van der Waals surface area contributed by atoms with Gasteiger partial charge in [-0.1, -0.05) is 12.1 Å². The number of nitrogens with zero attached hydrogens (tertiary/aromatic N) is 1. The van der Waals surface area contributed by atoms with Crippen LogP contribution < -0.4 is 10.9 Å². The number of amidine groups is 1. The van der Waals surface area contributed by atoms with Crippen LogP contribution in [0.1, 0.15) is 5.56 Å². The van der Waals surface area contributed by atoms with E-state index in [9.17, 15) is 4.79 Å². The van der Waals surface area contributed by atoms with Gasteiger partial charge in [0.2, 0.25) is 0 Å². The highest BCUT2D eigenvalue weighted by molar-refractivity contribution is 7.98. The minimum atomic E-state index is -0.112. The summed E-state index contributed by atoms with van der Waals surface area (Å²) in [6, 6.07) is 8.02. The summed E-state index contributed by atoms with van der Waals surface area (Å²) in [5, 5.41) is 0. The third-order valence-corrected chi connectivity index (χ3v) is 2.81. The number of amides is 1. The third-order valence-electron chi connectivity index (χ3n) is 2.06. The second-order valence-corrected chi connectivity index (χ2v) is 3.95. The average molecular weight is 221 g/mol. The lowest BCUT2D eigenvalue weighted by atomic mass is 10.2. The first kappa shape index (κ1) is 10.0. The van der Waals surface area contributed by atoms with Crippen molar-refractivity contribution >= 4 is 23.5 Å². The quantitative estimate of drug-likeness (QED) is 0.726. The Balaban J connectivity index is 2.19. The monoisotopic (exact) mass is 221 g/mol. The van der Waals surface area contributed by atoms with Crippen LogP contribution in [0.2, 0.25) is 0 Å². The SMILES string of the molecule is CSc1ccc(C2=NCC(=O)NN2)cc1. The molecule has 0 fully saturated rings. The zero-order valence-corrected chi connectivity index (χ0v) is 9.10.